The third-order valence-electron chi connectivity index (χ3n) is 2.07. The second-order valence-electron chi connectivity index (χ2n) is 3.54. The lowest BCUT2D eigenvalue weighted by atomic mass is 10.2. The van der Waals surface area contributed by atoms with Gasteiger partial charge in [-0.15, -0.1) is 0 Å². The highest BCUT2D eigenvalue weighted by Gasteiger charge is 2.03. The normalized spacial score (nSPS) is 11.3. The predicted molar refractivity (Wildman–Crippen MR) is 61.9 cm³/mol. The molecule has 0 atom stereocenters. The summed E-state index contributed by atoms with van der Waals surface area (Å²) in [5, 5.41) is 3.94. The number of nitrogens with zero attached hydrogens (tertiary/aromatic N) is 1. The topological polar surface area (TPSA) is 41.5 Å². The number of carbonyl (C=O) groups is 1. The standard InChI is InChI=1S/C12H15FN2O/c1-3-4-9(2)14-15-12(16)10-5-7-11(13)8-6-10/h5-8H,3-4H2,1-2H3,(H,15,16). The summed E-state index contributed by atoms with van der Waals surface area (Å²) in [5.41, 5.74) is 3.70. The van der Waals surface area contributed by atoms with Gasteiger partial charge >= 0.3 is 0 Å². The van der Waals surface area contributed by atoms with Gasteiger partial charge in [0.05, 0.1) is 0 Å². The van der Waals surface area contributed by atoms with Gasteiger partial charge in [-0.2, -0.15) is 5.10 Å². The van der Waals surface area contributed by atoms with Crippen LogP contribution >= 0.6 is 0 Å². The van der Waals surface area contributed by atoms with Crippen molar-refractivity contribution < 1.29 is 9.18 Å². The molecule has 3 nitrogen and oxygen atoms in total. The summed E-state index contributed by atoms with van der Waals surface area (Å²) in [6.45, 7) is 3.90. The lowest BCUT2D eigenvalue weighted by Gasteiger charge is -2.01. The van der Waals surface area contributed by atoms with E-state index in [4.69, 9.17) is 0 Å². The van der Waals surface area contributed by atoms with Crippen molar-refractivity contribution in [1.82, 2.24) is 5.43 Å². The number of hydrazone groups is 1. The Balaban J connectivity index is 2.59. The Morgan fingerprint density at radius 1 is 1.38 bits per heavy atom. The number of hydrogen-bond acceptors (Lipinski definition) is 2. The van der Waals surface area contributed by atoms with Crippen molar-refractivity contribution in [1.29, 1.82) is 0 Å². The van der Waals surface area contributed by atoms with Crippen LogP contribution in [-0.2, 0) is 0 Å². The maximum atomic E-state index is 12.6. The van der Waals surface area contributed by atoms with Gasteiger partial charge in [-0.05, 0) is 37.6 Å². The Kier molecular flexibility index (Phi) is 4.64. The Bertz CT molecular complexity index is 385. The molecule has 0 unspecified atom stereocenters. The predicted octanol–water partition coefficient (Wildman–Crippen LogP) is 2.73. The first-order chi connectivity index (χ1) is 7.63. The highest BCUT2D eigenvalue weighted by Crippen LogP contribution is 2.02. The summed E-state index contributed by atoms with van der Waals surface area (Å²) in [4.78, 5) is 11.5. The van der Waals surface area contributed by atoms with E-state index in [2.05, 4.69) is 10.5 Å². The van der Waals surface area contributed by atoms with Gasteiger partial charge in [-0.1, -0.05) is 13.3 Å². The maximum Gasteiger partial charge on any atom is 0.271 e. The zero-order chi connectivity index (χ0) is 12.0. The van der Waals surface area contributed by atoms with Crippen LogP contribution in [0.5, 0.6) is 0 Å². The van der Waals surface area contributed by atoms with E-state index < -0.39 is 0 Å². The summed E-state index contributed by atoms with van der Waals surface area (Å²) in [5.74, 6) is -0.683. The van der Waals surface area contributed by atoms with Crippen molar-refractivity contribution in [3.8, 4) is 0 Å². The summed E-state index contributed by atoms with van der Waals surface area (Å²) in [7, 11) is 0. The molecule has 0 bridgehead atoms. The molecule has 16 heavy (non-hydrogen) atoms. The SMILES string of the molecule is CCCC(C)=NNC(=O)c1ccc(F)cc1. The number of hydrogen-bond donors (Lipinski definition) is 1. The smallest absolute Gasteiger partial charge is 0.267 e. The summed E-state index contributed by atoms with van der Waals surface area (Å²) >= 11 is 0. The first kappa shape index (κ1) is 12.4. The molecule has 0 heterocycles. The van der Waals surface area contributed by atoms with Gasteiger partial charge in [0.25, 0.3) is 5.91 Å². The van der Waals surface area contributed by atoms with Crippen molar-refractivity contribution in [2.45, 2.75) is 26.7 Å². The van der Waals surface area contributed by atoms with E-state index in [1.165, 1.54) is 24.3 Å². The molecule has 4 heteroatoms. The van der Waals surface area contributed by atoms with E-state index in [1.54, 1.807) is 0 Å². The Morgan fingerprint density at radius 3 is 2.56 bits per heavy atom. The fourth-order valence-electron chi connectivity index (χ4n) is 1.23. The Hall–Kier alpha value is -1.71. The van der Waals surface area contributed by atoms with Crippen LogP contribution in [0.25, 0.3) is 0 Å². The van der Waals surface area contributed by atoms with Gasteiger partial charge in [0.1, 0.15) is 5.82 Å². The zero-order valence-electron chi connectivity index (χ0n) is 9.46. The van der Waals surface area contributed by atoms with Crippen molar-refractivity contribution in [2.24, 2.45) is 5.10 Å². The van der Waals surface area contributed by atoms with Gasteiger partial charge < -0.3 is 0 Å². The van der Waals surface area contributed by atoms with Gasteiger partial charge in [-0.3, -0.25) is 4.79 Å². The van der Waals surface area contributed by atoms with Crippen LogP contribution in [-0.4, -0.2) is 11.6 Å². The van der Waals surface area contributed by atoms with E-state index in [9.17, 15) is 9.18 Å². The molecular formula is C12H15FN2O. The maximum absolute atomic E-state index is 12.6. The summed E-state index contributed by atoms with van der Waals surface area (Å²) in [6, 6.07) is 5.35. The molecule has 86 valence electrons. The third kappa shape index (κ3) is 3.81. The summed E-state index contributed by atoms with van der Waals surface area (Å²) < 4.78 is 12.6. The quantitative estimate of drug-likeness (QED) is 0.617. The molecule has 1 rings (SSSR count). The number of halogens is 1. The number of nitrogens with one attached hydrogen (secondary N) is 1. The molecule has 0 saturated carbocycles. The number of carbonyl (C=O) groups excluding carboxylic acids is 1. The number of rotatable bonds is 4. The second kappa shape index (κ2) is 6.00. The average molecular weight is 222 g/mol. The number of amides is 1. The monoisotopic (exact) mass is 222 g/mol. The Labute approximate surface area is 94.4 Å². The van der Waals surface area contributed by atoms with Crippen molar-refractivity contribution in [2.75, 3.05) is 0 Å². The molecule has 1 aromatic rings. The van der Waals surface area contributed by atoms with Gasteiger partial charge in [0.15, 0.2) is 0 Å². The van der Waals surface area contributed by atoms with Crippen molar-refractivity contribution in [3.63, 3.8) is 0 Å². The van der Waals surface area contributed by atoms with E-state index >= 15 is 0 Å². The first-order valence-electron chi connectivity index (χ1n) is 5.22. The minimum atomic E-state index is -0.359. The lowest BCUT2D eigenvalue weighted by molar-refractivity contribution is 0.0954. The third-order valence-corrected chi connectivity index (χ3v) is 2.07. The van der Waals surface area contributed by atoms with Gasteiger partial charge in [-0.25, -0.2) is 9.82 Å². The second-order valence-corrected chi connectivity index (χ2v) is 3.54. The van der Waals surface area contributed by atoms with Crippen LogP contribution in [0, 0.1) is 5.82 Å². The molecule has 1 aromatic carbocycles. The molecule has 0 aliphatic rings. The van der Waals surface area contributed by atoms with E-state index in [1.807, 2.05) is 13.8 Å². The van der Waals surface area contributed by atoms with Gasteiger partial charge in [0, 0.05) is 11.3 Å². The molecule has 0 fully saturated rings. The molecule has 0 aliphatic carbocycles. The zero-order valence-corrected chi connectivity index (χ0v) is 9.46. The fraction of sp³-hybridized carbons (Fsp3) is 0.333. The minimum Gasteiger partial charge on any atom is -0.267 e. The minimum absolute atomic E-state index is 0.324. The molecule has 0 radical (unpaired) electrons. The highest BCUT2D eigenvalue weighted by atomic mass is 19.1. The average Bonchev–Trinajstić information content (AvgIpc) is 2.27. The first-order valence-corrected chi connectivity index (χ1v) is 5.22. The molecule has 0 aliphatic heterocycles. The van der Waals surface area contributed by atoms with Crippen LogP contribution < -0.4 is 5.43 Å². The fourth-order valence-corrected chi connectivity index (χ4v) is 1.23. The highest BCUT2D eigenvalue weighted by molar-refractivity contribution is 5.95. The molecule has 0 saturated heterocycles. The van der Waals surface area contributed by atoms with E-state index in [-0.39, 0.29) is 11.7 Å². The molecular weight excluding hydrogens is 207 g/mol. The van der Waals surface area contributed by atoms with Crippen molar-refractivity contribution in [3.05, 3.63) is 35.6 Å². The van der Waals surface area contributed by atoms with Crippen LogP contribution in [0.1, 0.15) is 37.0 Å². The van der Waals surface area contributed by atoms with E-state index in [0.717, 1.165) is 18.6 Å². The van der Waals surface area contributed by atoms with E-state index in [0.29, 0.717) is 5.56 Å². The van der Waals surface area contributed by atoms with Gasteiger partial charge in [0.2, 0.25) is 0 Å². The summed E-state index contributed by atoms with van der Waals surface area (Å²) in [6.07, 6.45) is 1.84. The lowest BCUT2D eigenvalue weighted by Crippen LogP contribution is -2.18. The molecule has 1 amide bonds. The molecule has 0 aromatic heterocycles. The van der Waals surface area contributed by atoms with Crippen molar-refractivity contribution >= 4 is 11.6 Å². The largest absolute Gasteiger partial charge is 0.271 e. The Morgan fingerprint density at radius 2 is 2.00 bits per heavy atom. The molecule has 1 N–H and O–H groups in total. The molecule has 0 spiro atoms. The van der Waals surface area contributed by atoms with Crippen LogP contribution in [0.2, 0.25) is 0 Å². The van der Waals surface area contributed by atoms with Crippen LogP contribution in [0.3, 0.4) is 0 Å². The van der Waals surface area contributed by atoms with Crippen LogP contribution in [0.15, 0.2) is 29.4 Å². The number of benzene rings is 1. The van der Waals surface area contributed by atoms with Crippen LogP contribution in [0.4, 0.5) is 4.39 Å².